The van der Waals surface area contributed by atoms with Crippen LogP contribution in [0.4, 0.5) is 5.82 Å². The number of aryl methyl sites for hydroxylation is 2. The van der Waals surface area contributed by atoms with Crippen molar-refractivity contribution in [3.8, 4) is 11.8 Å². The molecule has 3 N–H and O–H groups in total. The van der Waals surface area contributed by atoms with Gasteiger partial charge in [-0.25, -0.2) is 4.68 Å². The number of benzene rings is 1. The van der Waals surface area contributed by atoms with Crippen LogP contribution in [0.25, 0.3) is 5.69 Å². The second-order valence-electron chi connectivity index (χ2n) is 5.84. The van der Waals surface area contributed by atoms with Gasteiger partial charge in [0.25, 0.3) is 5.91 Å². The Hall–Kier alpha value is -3.11. The van der Waals surface area contributed by atoms with Crippen molar-refractivity contribution in [3.05, 3.63) is 63.5 Å². The number of nitrogens with one attached hydrogen (secondary N) is 1. The zero-order valence-electron chi connectivity index (χ0n) is 14.4. The van der Waals surface area contributed by atoms with E-state index >= 15 is 0 Å². The van der Waals surface area contributed by atoms with Gasteiger partial charge in [-0.1, -0.05) is 18.2 Å². The number of carbonyl (C=O) groups excluding carboxylic acids is 1. The van der Waals surface area contributed by atoms with Crippen molar-refractivity contribution in [1.29, 1.82) is 5.26 Å². The number of nitrogens with zero attached hydrogens (tertiary/aromatic N) is 3. The first-order chi connectivity index (χ1) is 12.6. The van der Waals surface area contributed by atoms with Gasteiger partial charge in [0.15, 0.2) is 0 Å². The first kappa shape index (κ1) is 17.7. The van der Waals surface area contributed by atoms with Crippen LogP contribution in [-0.4, -0.2) is 22.2 Å². The van der Waals surface area contributed by atoms with Crippen LogP contribution in [0.1, 0.15) is 32.2 Å². The molecule has 0 aliphatic carbocycles. The quantitative estimate of drug-likeness (QED) is 0.656. The zero-order valence-corrected chi connectivity index (χ0v) is 15.2. The molecule has 0 unspecified atom stereocenters. The Morgan fingerprint density at radius 3 is 2.73 bits per heavy atom. The van der Waals surface area contributed by atoms with Gasteiger partial charge in [-0.05, 0) is 44.0 Å². The van der Waals surface area contributed by atoms with Crippen molar-refractivity contribution in [1.82, 2.24) is 15.1 Å². The van der Waals surface area contributed by atoms with E-state index in [0.29, 0.717) is 41.3 Å². The summed E-state index contributed by atoms with van der Waals surface area (Å²) in [6.45, 7) is 2.48. The zero-order chi connectivity index (χ0) is 18.5. The number of nitrogens with two attached hydrogens (primary N) is 1. The number of aromatic nitrogens is 2. The van der Waals surface area contributed by atoms with E-state index in [1.807, 2.05) is 49.4 Å². The van der Waals surface area contributed by atoms with E-state index in [2.05, 4.69) is 16.5 Å². The minimum atomic E-state index is -0.0714. The smallest absolute Gasteiger partial charge is 0.261 e. The first-order valence-corrected chi connectivity index (χ1v) is 9.09. The second kappa shape index (κ2) is 7.85. The highest BCUT2D eigenvalue weighted by Crippen LogP contribution is 2.21. The van der Waals surface area contributed by atoms with E-state index in [1.54, 1.807) is 4.68 Å². The molecule has 3 rings (SSSR count). The minimum Gasteiger partial charge on any atom is -0.382 e. The number of amides is 1. The molecule has 0 saturated carbocycles. The summed E-state index contributed by atoms with van der Waals surface area (Å²) >= 11 is 1.47. The molecule has 0 bridgehead atoms. The normalized spacial score (nSPS) is 10.5. The number of anilines is 1. The molecular formula is C19H19N5OS. The standard InChI is InChI=1S/C19H19N5OS/c1-13-9-10-17(26-13)19(25)22-11-5-8-16-15(12-20)18(21)24(23-16)14-6-3-2-4-7-14/h2-4,6-7,9-10H,5,8,11,21H2,1H3,(H,22,25). The van der Waals surface area contributed by atoms with Crippen molar-refractivity contribution >= 4 is 23.1 Å². The lowest BCUT2D eigenvalue weighted by Crippen LogP contribution is -2.23. The molecule has 26 heavy (non-hydrogen) atoms. The summed E-state index contributed by atoms with van der Waals surface area (Å²) < 4.78 is 1.58. The van der Waals surface area contributed by atoms with Crippen LogP contribution in [0, 0.1) is 18.3 Å². The van der Waals surface area contributed by atoms with Crippen molar-refractivity contribution < 1.29 is 4.79 Å². The van der Waals surface area contributed by atoms with Crippen molar-refractivity contribution in [3.63, 3.8) is 0 Å². The van der Waals surface area contributed by atoms with Gasteiger partial charge >= 0.3 is 0 Å². The lowest BCUT2D eigenvalue weighted by atomic mass is 10.1. The maximum absolute atomic E-state index is 12.0. The Bertz CT molecular complexity index is 952. The summed E-state index contributed by atoms with van der Waals surface area (Å²) in [6.07, 6.45) is 1.24. The molecule has 0 aliphatic rings. The van der Waals surface area contributed by atoms with Crippen LogP contribution in [0.2, 0.25) is 0 Å². The van der Waals surface area contributed by atoms with Gasteiger partial charge in [-0.2, -0.15) is 10.4 Å². The molecule has 2 aromatic heterocycles. The van der Waals surface area contributed by atoms with Gasteiger partial charge in [0.2, 0.25) is 0 Å². The third-order valence-electron chi connectivity index (χ3n) is 3.95. The predicted octanol–water partition coefficient (Wildman–Crippen LogP) is 3.06. The molecule has 7 heteroatoms. The Labute approximate surface area is 155 Å². The maximum Gasteiger partial charge on any atom is 0.261 e. The Morgan fingerprint density at radius 2 is 2.08 bits per heavy atom. The molecule has 1 amide bonds. The number of hydrogen-bond acceptors (Lipinski definition) is 5. The lowest BCUT2D eigenvalue weighted by molar-refractivity contribution is 0.0957. The van der Waals surface area contributed by atoms with Gasteiger partial charge in [0.05, 0.1) is 16.3 Å². The van der Waals surface area contributed by atoms with E-state index in [9.17, 15) is 10.1 Å². The number of para-hydroxylation sites is 1. The SMILES string of the molecule is Cc1ccc(C(=O)NCCCc2nn(-c3ccccc3)c(N)c2C#N)s1. The van der Waals surface area contributed by atoms with Gasteiger partial charge in [0, 0.05) is 11.4 Å². The summed E-state index contributed by atoms with van der Waals surface area (Å²) in [4.78, 5) is 13.9. The van der Waals surface area contributed by atoms with Crippen LogP contribution in [0.15, 0.2) is 42.5 Å². The third-order valence-corrected chi connectivity index (χ3v) is 4.95. The molecule has 0 saturated heterocycles. The first-order valence-electron chi connectivity index (χ1n) is 8.27. The summed E-state index contributed by atoms with van der Waals surface area (Å²) in [7, 11) is 0. The Balaban J connectivity index is 1.63. The summed E-state index contributed by atoms with van der Waals surface area (Å²) in [6, 6.07) is 15.4. The fraction of sp³-hybridized carbons (Fsp3) is 0.211. The monoisotopic (exact) mass is 365 g/mol. The second-order valence-corrected chi connectivity index (χ2v) is 7.12. The van der Waals surface area contributed by atoms with E-state index in [1.165, 1.54) is 11.3 Å². The largest absolute Gasteiger partial charge is 0.382 e. The van der Waals surface area contributed by atoms with Crippen molar-refractivity contribution in [2.45, 2.75) is 19.8 Å². The van der Waals surface area contributed by atoms with Gasteiger partial charge in [-0.3, -0.25) is 4.79 Å². The molecule has 0 fully saturated rings. The van der Waals surface area contributed by atoms with Gasteiger partial charge < -0.3 is 11.1 Å². The number of carbonyl (C=O) groups is 1. The van der Waals surface area contributed by atoms with Crippen LogP contribution in [0.5, 0.6) is 0 Å². The Kier molecular flexibility index (Phi) is 5.34. The van der Waals surface area contributed by atoms with E-state index in [4.69, 9.17) is 5.73 Å². The number of nitrogen functional groups attached to an aromatic ring is 1. The highest BCUT2D eigenvalue weighted by atomic mass is 32.1. The highest BCUT2D eigenvalue weighted by Gasteiger charge is 2.16. The molecule has 0 radical (unpaired) electrons. The average Bonchev–Trinajstić information content (AvgIpc) is 3.22. The molecular weight excluding hydrogens is 346 g/mol. The molecule has 6 nitrogen and oxygen atoms in total. The fourth-order valence-corrected chi connectivity index (χ4v) is 3.43. The lowest BCUT2D eigenvalue weighted by Gasteiger charge is -2.03. The van der Waals surface area contributed by atoms with Crippen LogP contribution in [0.3, 0.4) is 0 Å². The number of thiophene rings is 1. The molecule has 132 valence electrons. The maximum atomic E-state index is 12.0. The minimum absolute atomic E-state index is 0.0714. The molecule has 2 heterocycles. The average molecular weight is 365 g/mol. The topological polar surface area (TPSA) is 96.7 Å². The van der Waals surface area contributed by atoms with Crippen LogP contribution >= 0.6 is 11.3 Å². The number of nitriles is 1. The van der Waals surface area contributed by atoms with Crippen LogP contribution in [-0.2, 0) is 6.42 Å². The third kappa shape index (κ3) is 3.76. The number of rotatable bonds is 6. The molecule has 0 atom stereocenters. The van der Waals surface area contributed by atoms with Crippen molar-refractivity contribution in [2.75, 3.05) is 12.3 Å². The van der Waals surface area contributed by atoms with E-state index in [-0.39, 0.29) is 5.91 Å². The number of hydrogen-bond donors (Lipinski definition) is 2. The summed E-state index contributed by atoms with van der Waals surface area (Å²) in [5.41, 5.74) is 7.95. The van der Waals surface area contributed by atoms with E-state index < -0.39 is 0 Å². The highest BCUT2D eigenvalue weighted by molar-refractivity contribution is 7.13. The fourth-order valence-electron chi connectivity index (χ4n) is 2.64. The Morgan fingerprint density at radius 1 is 1.31 bits per heavy atom. The molecule has 0 aliphatic heterocycles. The van der Waals surface area contributed by atoms with Gasteiger partial charge in [-0.15, -0.1) is 11.3 Å². The molecule has 3 aromatic rings. The van der Waals surface area contributed by atoms with Crippen molar-refractivity contribution in [2.24, 2.45) is 0 Å². The summed E-state index contributed by atoms with van der Waals surface area (Å²) in [5.74, 6) is 0.268. The van der Waals surface area contributed by atoms with E-state index in [0.717, 1.165) is 10.6 Å². The summed E-state index contributed by atoms with van der Waals surface area (Å²) in [5, 5.41) is 16.8. The predicted molar refractivity (Wildman–Crippen MR) is 102 cm³/mol. The molecule has 0 spiro atoms. The van der Waals surface area contributed by atoms with Crippen LogP contribution < -0.4 is 11.1 Å². The molecule has 1 aromatic carbocycles. The van der Waals surface area contributed by atoms with Gasteiger partial charge in [0.1, 0.15) is 17.5 Å².